The molecule has 1 saturated heterocycles. The maximum atomic E-state index is 12.5. The van der Waals surface area contributed by atoms with E-state index in [9.17, 15) is 9.59 Å². The van der Waals surface area contributed by atoms with Crippen molar-refractivity contribution in [3.63, 3.8) is 0 Å². The van der Waals surface area contributed by atoms with Crippen molar-refractivity contribution in [2.24, 2.45) is 0 Å². The van der Waals surface area contributed by atoms with Crippen molar-refractivity contribution in [3.05, 3.63) is 22.5 Å². The average Bonchev–Trinajstić information content (AvgIpc) is 2.90. The summed E-state index contributed by atoms with van der Waals surface area (Å²) in [6.07, 6.45) is 5.39. The highest BCUT2D eigenvalue weighted by Gasteiger charge is 2.23. The van der Waals surface area contributed by atoms with Gasteiger partial charge in [-0.2, -0.15) is 5.10 Å². The molecule has 1 aromatic rings. The van der Waals surface area contributed by atoms with Gasteiger partial charge in [0.1, 0.15) is 5.15 Å². The number of aromatic nitrogens is 2. The molecule has 0 aromatic carbocycles. The number of aryl methyl sites for hydroxylation is 2. The minimum absolute atomic E-state index is 0.0634. The van der Waals surface area contributed by atoms with Crippen molar-refractivity contribution in [1.29, 1.82) is 0 Å². The van der Waals surface area contributed by atoms with Gasteiger partial charge in [-0.25, -0.2) is 0 Å². The summed E-state index contributed by atoms with van der Waals surface area (Å²) in [7, 11) is 3.75. The predicted molar refractivity (Wildman–Crippen MR) is 108 cm³/mol. The van der Waals surface area contributed by atoms with Crippen LogP contribution < -0.4 is 0 Å². The highest BCUT2D eigenvalue weighted by molar-refractivity contribution is 6.31. The molecule has 0 aliphatic carbocycles. The normalized spacial score (nSPS) is 15.2. The minimum Gasteiger partial charge on any atom is -0.338 e. The number of likely N-dealkylation sites (N-methyl/N-ethyl adjacent to an activating group) is 1. The van der Waals surface area contributed by atoms with Crippen LogP contribution in [0.3, 0.4) is 0 Å². The van der Waals surface area contributed by atoms with Crippen molar-refractivity contribution < 1.29 is 9.59 Å². The number of amides is 2. The highest BCUT2D eigenvalue weighted by atomic mass is 35.5. The zero-order valence-corrected chi connectivity index (χ0v) is 17.5. The number of hydrogen-bond acceptors (Lipinski definition) is 4. The van der Waals surface area contributed by atoms with Crippen LogP contribution in [-0.2, 0) is 16.1 Å². The van der Waals surface area contributed by atoms with Crippen molar-refractivity contribution in [2.75, 3.05) is 46.8 Å². The van der Waals surface area contributed by atoms with Crippen molar-refractivity contribution >= 4 is 29.5 Å². The molecule has 0 unspecified atom stereocenters. The Hall–Kier alpha value is -1.86. The first-order valence-electron chi connectivity index (χ1n) is 9.45. The monoisotopic (exact) mass is 395 g/mol. The fraction of sp³-hybridized carbons (Fsp3) is 0.632. The van der Waals surface area contributed by atoms with Gasteiger partial charge in [-0.15, -0.1) is 0 Å². The van der Waals surface area contributed by atoms with Gasteiger partial charge in [0, 0.05) is 44.4 Å². The van der Waals surface area contributed by atoms with E-state index >= 15 is 0 Å². The molecule has 2 heterocycles. The van der Waals surface area contributed by atoms with Crippen LogP contribution in [0.4, 0.5) is 0 Å². The number of unbranched alkanes of at least 4 members (excludes halogenated alkanes) is 1. The summed E-state index contributed by atoms with van der Waals surface area (Å²) in [5, 5.41) is 5.02. The third-order valence-corrected chi connectivity index (χ3v) is 5.02. The summed E-state index contributed by atoms with van der Waals surface area (Å²) in [6.45, 7) is 7.43. The van der Waals surface area contributed by atoms with Gasteiger partial charge < -0.3 is 14.7 Å². The summed E-state index contributed by atoms with van der Waals surface area (Å²) in [4.78, 5) is 30.0. The van der Waals surface area contributed by atoms with Gasteiger partial charge in [0.25, 0.3) is 0 Å². The molecule has 7 nitrogen and oxygen atoms in total. The number of hydrogen-bond donors (Lipinski definition) is 0. The Morgan fingerprint density at radius 2 is 1.81 bits per heavy atom. The molecule has 0 N–H and O–H groups in total. The number of nitrogens with zero attached hydrogens (tertiary/aromatic N) is 5. The Balaban J connectivity index is 1.93. The van der Waals surface area contributed by atoms with Gasteiger partial charge in [-0.3, -0.25) is 14.3 Å². The summed E-state index contributed by atoms with van der Waals surface area (Å²) in [6, 6.07) is 0. The maximum absolute atomic E-state index is 12.5. The molecule has 150 valence electrons. The lowest BCUT2D eigenvalue weighted by Gasteiger charge is -2.34. The van der Waals surface area contributed by atoms with E-state index in [2.05, 4.69) is 12.0 Å². The molecule has 2 rings (SSSR count). The second-order valence-electron chi connectivity index (χ2n) is 7.14. The summed E-state index contributed by atoms with van der Waals surface area (Å²) < 4.78 is 1.79. The van der Waals surface area contributed by atoms with E-state index in [4.69, 9.17) is 11.6 Å². The smallest absolute Gasteiger partial charge is 0.246 e. The zero-order valence-electron chi connectivity index (χ0n) is 16.7. The first kappa shape index (κ1) is 21.4. The fourth-order valence-corrected chi connectivity index (χ4v) is 3.34. The summed E-state index contributed by atoms with van der Waals surface area (Å²) in [5.74, 6) is 0.0380. The number of rotatable bonds is 7. The van der Waals surface area contributed by atoms with Crippen LogP contribution in [0.15, 0.2) is 6.08 Å². The molecule has 1 aliphatic rings. The van der Waals surface area contributed by atoms with Crippen LogP contribution in [0.1, 0.15) is 31.0 Å². The van der Waals surface area contributed by atoms with Crippen LogP contribution in [0, 0.1) is 6.92 Å². The van der Waals surface area contributed by atoms with E-state index in [1.807, 2.05) is 30.8 Å². The molecular formula is C19H30ClN5O2. The average molecular weight is 396 g/mol. The molecule has 1 fully saturated rings. The third kappa shape index (κ3) is 5.81. The van der Waals surface area contributed by atoms with Crippen molar-refractivity contribution in [2.45, 2.75) is 33.2 Å². The Kier molecular flexibility index (Phi) is 7.86. The van der Waals surface area contributed by atoms with Crippen LogP contribution in [-0.4, -0.2) is 83.1 Å². The van der Waals surface area contributed by atoms with Gasteiger partial charge in [0.05, 0.1) is 12.2 Å². The molecule has 27 heavy (non-hydrogen) atoms. The number of piperazine rings is 1. The number of carbonyl (C=O) groups is 2. The van der Waals surface area contributed by atoms with E-state index in [1.54, 1.807) is 21.7 Å². The number of halogens is 1. The number of carbonyl (C=O) groups excluding carboxylic acids is 2. The quantitative estimate of drug-likeness (QED) is 0.661. The topological polar surface area (TPSA) is 61.7 Å². The van der Waals surface area contributed by atoms with Gasteiger partial charge in [0.15, 0.2) is 0 Å². The Morgan fingerprint density at radius 3 is 2.41 bits per heavy atom. The predicted octanol–water partition coefficient (Wildman–Crippen LogP) is 1.89. The second kappa shape index (κ2) is 9.90. The van der Waals surface area contributed by atoms with Crippen LogP contribution in [0.5, 0.6) is 0 Å². The Labute approximate surface area is 166 Å². The fourth-order valence-electron chi connectivity index (χ4n) is 3.02. The lowest BCUT2D eigenvalue weighted by atomic mass is 10.2. The van der Waals surface area contributed by atoms with E-state index in [0.29, 0.717) is 37.9 Å². The van der Waals surface area contributed by atoms with Crippen LogP contribution >= 0.6 is 11.6 Å². The largest absolute Gasteiger partial charge is 0.338 e. The van der Waals surface area contributed by atoms with E-state index in [-0.39, 0.29) is 11.8 Å². The molecule has 2 amide bonds. The molecular weight excluding hydrogens is 366 g/mol. The zero-order chi connectivity index (χ0) is 20.0. The maximum Gasteiger partial charge on any atom is 0.246 e. The molecule has 8 heteroatoms. The van der Waals surface area contributed by atoms with E-state index in [1.165, 1.54) is 0 Å². The lowest BCUT2D eigenvalue weighted by Crippen LogP contribution is -2.51. The minimum atomic E-state index is -0.0634. The highest BCUT2D eigenvalue weighted by Crippen LogP contribution is 2.22. The first-order valence-corrected chi connectivity index (χ1v) is 9.83. The Bertz CT molecular complexity index is 691. The van der Waals surface area contributed by atoms with E-state index in [0.717, 1.165) is 30.6 Å². The Morgan fingerprint density at radius 1 is 1.19 bits per heavy atom. The van der Waals surface area contributed by atoms with Gasteiger partial charge in [0.2, 0.25) is 11.8 Å². The molecule has 0 atom stereocenters. The van der Waals surface area contributed by atoms with Crippen molar-refractivity contribution in [3.8, 4) is 0 Å². The SMILES string of the molecule is CCCCn1nc(C)c(/C=C/C(=O)N2CCN(C(=O)CN(C)C)CC2)c1Cl. The van der Waals surface area contributed by atoms with Crippen LogP contribution in [0.25, 0.3) is 6.08 Å². The molecule has 0 radical (unpaired) electrons. The van der Waals surface area contributed by atoms with Gasteiger partial charge in [-0.1, -0.05) is 24.9 Å². The molecule has 1 aromatic heterocycles. The third-order valence-electron chi connectivity index (χ3n) is 4.62. The van der Waals surface area contributed by atoms with Gasteiger partial charge >= 0.3 is 0 Å². The molecule has 0 saturated carbocycles. The molecule has 0 spiro atoms. The van der Waals surface area contributed by atoms with Gasteiger partial charge in [-0.05, 0) is 33.5 Å². The lowest BCUT2D eigenvalue weighted by molar-refractivity contribution is -0.137. The molecule has 0 bridgehead atoms. The van der Waals surface area contributed by atoms with Crippen LogP contribution in [0.2, 0.25) is 5.15 Å². The summed E-state index contributed by atoms with van der Waals surface area (Å²) >= 11 is 6.41. The standard InChI is InChI=1S/C19H30ClN5O2/c1-5-6-9-25-19(20)16(15(2)21-25)7-8-17(26)23-10-12-24(13-11-23)18(27)14-22(3)4/h7-8H,5-6,9-14H2,1-4H3/b8-7+. The molecule has 1 aliphatic heterocycles. The van der Waals surface area contributed by atoms with E-state index < -0.39 is 0 Å². The second-order valence-corrected chi connectivity index (χ2v) is 7.50. The van der Waals surface area contributed by atoms with Crippen molar-refractivity contribution in [1.82, 2.24) is 24.5 Å². The first-order chi connectivity index (χ1) is 12.8. The summed E-state index contributed by atoms with van der Waals surface area (Å²) in [5.41, 5.74) is 1.61.